The van der Waals surface area contributed by atoms with Gasteiger partial charge in [-0.05, 0) is 17.9 Å². The van der Waals surface area contributed by atoms with E-state index in [4.69, 9.17) is 4.74 Å². The van der Waals surface area contributed by atoms with Crippen molar-refractivity contribution >= 4 is 5.78 Å². The average Bonchev–Trinajstić information content (AvgIpc) is 3.20. The maximum Gasteiger partial charge on any atom is 0.155 e. The van der Waals surface area contributed by atoms with Crippen LogP contribution in [-0.4, -0.2) is 31.6 Å². The second-order valence-corrected chi connectivity index (χ2v) is 4.84. The summed E-state index contributed by atoms with van der Waals surface area (Å²) in [5.41, 5.74) is 1.29. The van der Waals surface area contributed by atoms with Crippen molar-refractivity contribution in [2.45, 2.75) is 18.4 Å². The van der Waals surface area contributed by atoms with Gasteiger partial charge in [0.05, 0.1) is 19.3 Å². The molecule has 3 atom stereocenters. The Hall–Kier alpha value is -1.19. The Labute approximate surface area is 101 Å². The van der Waals surface area contributed by atoms with Gasteiger partial charge in [-0.1, -0.05) is 30.3 Å². The number of carbonyl (C=O) groups is 1. The average molecular weight is 231 g/mol. The minimum absolute atomic E-state index is 0.0811. The number of benzene rings is 1. The highest BCUT2D eigenvalue weighted by atomic mass is 16.5. The standard InChI is InChI=1S/C14H17NO2/c16-14(13-9-17-7-6-15-13)12-8-11(12)10-4-2-1-3-5-10/h1-5,11-13,15H,6-9H2. The molecule has 0 amide bonds. The smallest absolute Gasteiger partial charge is 0.155 e. The van der Waals surface area contributed by atoms with E-state index in [0.717, 1.165) is 19.6 Å². The zero-order valence-corrected chi connectivity index (χ0v) is 9.76. The topological polar surface area (TPSA) is 38.3 Å². The predicted octanol–water partition coefficient (Wildman–Crippen LogP) is 1.35. The molecule has 1 aromatic carbocycles. The normalized spacial score (nSPS) is 32.1. The van der Waals surface area contributed by atoms with E-state index in [1.807, 2.05) is 18.2 Å². The van der Waals surface area contributed by atoms with Gasteiger partial charge in [-0.25, -0.2) is 0 Å². The number of ketones is 1. The highest BCUT2D eigenvalue weighted by Gasteiger charge is 2.46. The Morgan fingerprint density at radius 3 is 2.82 bits per heavy atom. The summed E-state index contributed by atoms with van der Waals surface area (Å²) in [6.07, 6.45) is 1.00. The summed E-state index contributed by atoms with van der Waals surface area (Å²) >= 11 is 0. The second kappa shape index (κ2) is 4.59. The molecule has 1 saturated heterocycles. The molecule has 3 heteroatoms. The van der Waals surface area contributed by atoms with Crippen LogP contribution in [0.4, 0.5) is 0 Å². The summed E-state index contributed by atoms with van der Waals surface area (Å²) in [7, 11) is 0. The number of Topliss-reactive ketones (excluding diaryl/α,β-unsaturated/α-hetero) is 1. The molecule has 2 fully saturated rings. The van der Waals surface area contributed by atoms with E-state index in [1.54, 1.807) is 0 Å². The van der Waals surface area contributed by atoms with E-state index in [-0.39, 0.29) is 12.0 Å². The maximum absolute atomic E-state index is 12.2. The van der Waals surface area contributed by atoms with Gasteiger partial charge in [0.1, 0.15) is 0 Å². The Balaban J connectivity index is 1.62. The number of carbonyl (C=O) groups excluding carboxylic acids is 1. The van der Waals surface area contributed by atoms with Gasteiger partial charge in [0, 0.05) is 12.5 Å². The molecule has 1 N–H and O–H groups in total. The molecule has 1 aromatic rings. The lowest BCUT2D eigenvalue weighted by atomic mass is 10.0. The van der Waals surface area contributed by atoms with Gasteiger partial charge in [0.25, 0.3) is 0 Å². The molecule has 0 aromatic heterocycles. The fourth-order valence-electron chi connectivity index (χ4n) is 2.58. The van der Waals surface area contributed by atoms with Crippen molar-refractivity contribution in [1.82, 2.24) is 5.32 Å². The molecule has 0 bridgehead atoms. The van der Waals surface area contributed by atoms with Crippen molar-refractivity contribution in [3.05, 3.63) is 35.9 Å². The van der Waals surface area contributed by atoms with Crippen molar-refractivity contribution in [2.24, 2.45) is 5.92 Å². The minimum Gasteiger partial charge on any atom is -0.378 e. The molecule has 0 radical (unpaired) electrons. The molecule has 0 spiro atoms. The van der Waals surface area contributed by atoms with Gasteiger partial charge in [-0.3, -0.25) is 4.79 Å². The third kappa shape index (κ3) is 2.26. The van der Waals surface area contributed by atoms with Crippen molar-refractivity contribution in [3.8, 4) is 0 Å². The summed E-state index contributed by atoms with van der Waals surface area (Å²) in [4.78, 5) is 12.2. The van der Waals surface area contributed by atoms with Crippen molar-refractivity contribution in [3.63, 3.8) is 0 Å². The largest absolute Gasteiger partial charge is 0.378 e. The predicted molar refractivity (Wildman–Crippen MR) is 64.9 cm³/mol. The van der Waals surface area contributed by atoms with Crippen LogP contribution in [-0.2, 0) is 9.53 Å². The maximum atomic E-state index is 12.2. The van der Waals surface area contributed by atoms with Crippen molar-refractivity contribution in [2.75, 3.05) is 19.8 Å². The number of ether oxygens (including phenoxy) is 1. The molecule has 1 aliphatic carbocycles. The van der Waals surface area contributed by atoms with E-state index >= 15 is 0 Å². The summed E-state index contributed by atoms with van der Waals surface area (Å²) in [5, 5.41) is 3.24. The number of rotatable bonds is 3. The number of hydrogen-bond acceptors (Lipinski definition) is 3. The minimum atomic E-state index is -0.0811. The first-order chi connectivity index (χ1) is 8.36. The Morgan fingerprint density at radius 2 is 2.12 bits per heavy atom. The Morgan fingerprint density at radius 1 is 1.29 bits per heavy atom. The molecule has 3 rings (SSSR count). The van der Waals surface area contributed by atoms with Crippen LogP contribution in [0.25, 0.3) is 0 Å². The van der Waals surface area contributed by atoms with Crippen LogP contribution >= 0.6 is 0 Å². The third-order valence-electron chi connectivity index (χ3n) is 3.65. The van der Waals surface area contributed by atoms with Gasteiger partial charge in [0.2, 0.25) is 0 Å². The molecule has 1 heterocycles. The van der Waals surface area contributed by atoms with Crippen LogP contribution in [0.2, 0.25) is 0 Å². The van der Waals surface area contributed by atoms with Crippen LogP contribution in [0.15, 0.2) is 30.3 Å². The SMILES string of the molecule is O=C(C1COCCN1)C1CC1c1ccccc1. The van der Waals surface area contributed by atoms with Gasteiger partial charge in [-0.15, -0.1) is 0 Å². The lowest BCUT2D eigenvalue weighted by Crippen LogP contribution is -2.47. The van der Waals surface area contributed by atoms with Crippen LogP contribution in [0.5, 0.6) is 0 Å². The molecule has 1 aliphatic heterocycles. The zero-order valence-electron chi connectivity index (χ0n) is 9.76. The highest BCUT2D eigenvalue weighted by Crippen LogP contribution is 2.48. The Kier molecular flexibility index (Phi) is 2.95. The highest BCUT2D eigenvalue weighted by molar-refractivity contribution is 5.90. The van der Waals surface area contributed by atoms with Gasteiger partial charge < -0.3 is 10.1 Å². The number of morpholine rings is 1. The lowest BCUT2D eigenvalue weighted by molar-refractivity contribution is -0.125. The molecule has 2 aliphatic rings. The third-order valence-corrected chi connectivity index (χ3v) is 3.65. The summed E-state index contributed by atoms with van der Waals surface area (Å²) in [6.45, 7) is 2.05. The first-order valence-electron chi connectivity index (χ1n) is 6.26. The Bertz CT molecular complexity index is 398. The van der Waals surface area contributed by atoms with E-state index in [2.05, 4.69) is 17.4 Å². The van der Waals surface area contributed by atoms with Gasteiger partial charge in [0.15, 0.2) is 5.78 Å². The first-order valence-corrected chi connectivity index (χ1v) is 6.26. The summed E-state index contributed by atoms with van der Waals surface area (Å²) in [6, 6.07) is 10.2. The molecule has 17 heavy (non-hydrogen) atoms. The fraction of sp³-hybridized carbons (Fsp3) is 0.500. The first kappa shape index (κ1) is 10.9. The number of nitrogens with one attached hydrogen (secondary N) is 1. The van der Waals surface area contributed by atoms with E-state index in [9.17, 15) is 4.79 Å². The molecule has 3 unspecified atom stereocenters. The van der Waals surface area contributed by atoms with Crippen LogP contribution in [0.1, 0.15) is 17.9 Å². The lowest BCUT2D eigenvalue weighted by Gasteiger charge is -2.22. The van der Waals surface area contributed by atoms with Gasteiger partial charge >= 0.3 is 0 Å². The van der Waals surface area contributed by atoms with Crippen LogP contribution < -0.4 is 5.32 Å². The van der Waals surface area contributed by atoms with Crippen molar-refractivity contribution < 1.29 is 9.53 Å². The fourth-order valence-corrected chi connectivity index (χ4v) is 2.58. The second-order valence-electron chi connectivity index (χ2n) is 4.84. The van der Waals surface area contributed by atoms with E-state index < -0.39 is 0 Å². The molecular formula is C14H17NO2. The van der Waals surface area contributed by atoms with E-state index in [1.165, 1.54) is 5.56 Å². The molecule has 90 valence electrons. The molecular weight excluding hydrogens is 214 g/mol. The van der Waals surface area contributed by atoms with E-state index in [0.29, 0.717) is 18.3 Å². The van der Waals surface area contributed by atoms with Crippen molar-refractivity contribution in [1.29, 1.82) is 0 Å². The van der Waals surface area contributed by atoms with Crippen LogP contribution in [0.3, 0.4) is 0 Å². The molecule has 1 saturated carbocycles. The van der Waals surface area contributed by atoms with Gasteiger partial charge in [-0.2, -0.15) is 0 Å². The van der Waals surface area contributed by atoms with Crippen LogP contribution in [0, 0.1) is 5.92 Å². The monoisotopic (exact) mass is 231 g/mol. The molecule has 3 nitrogen and oxygen atoms in total. The number of hydrogen-bond donors (Lipinski definition) is 1. The summed E-state index contributed by atoms with van der Waals surface area (Å²) in [5.74, 6) is 0.975. The quantitative estimate of drug-likeness (QED) is 0.853. The summed E-state index contributed by atoms with van der Waals surface area (Å²) < 4.78 is 5.34. The zero-order chi connectivity index (χ0) is 11.7.